The van der Waals surface area contributed by atoms with E-state index in [-0.39, 0.29) is 17.6 Å². The van der Waals surface area contributed by atoms with Gasteiger partial charge in [0.15, 0.2) is 5.69 Å². The van der Waals surface area contributed by atoms with Gasteiger partial charge in [-0.15, -0.1) is 0 Å². The van der Waals surface area contributed by atoms with E-state index < -0.39 is 11.9 Å². The van der Waals surface area contributed by atoms with Crippen LogP contribution in [-0.4, -0.2) is 23.6 Å². The number of hydrogen-bond acceptors (Lipinski definition) is 6. The Kier molecular flexibility index (Phi) is 6.63. The Morgan fingerprint density at radius 2 is 1.84 bits per heavy atom. The lowest BCUT2D eigenvalue weighted by Gasteiger charge is -2.13. The predicted molar refractivity (Wildman–Crippen MR) is 89.7 cm³/mol. The van der Waals surface area contributed by atoms with Crippen LogP contribution in [-0.2, 0) is 15.4 Å². The summed E-state index contributed by atoms with van der Waals surface area (Å²) in [7, 11) is 1.38. The Morgan fingerprint density at radius 1 is 1.16 bits per heavy atom. The number of halogens is 3. The van der Waals surface area contributed by atoms with Gasteiger partial charge in [-0.1, -0.05) is 26.0 Å². The van der Waals surface area contributed by atoms with Crippen molar-refractivity contribution in [1.82, 2.24) is 9.97 Å². The molecular weight excluding hydrogens is 355 g/mol. The van der Waals surface area contributed by atoms with E-state index in [0.29, 0.717) is 12.1 Å². The molecule has 0 saturated carbocycles. The molecular formula is C16H18F3N3O2S. The van der Waals surface area contributed by atoms with E-state index in [0.717, 1.165) is 23.0 Å². The van der Waals surface area contributed by atoms with Crippen LogP contribution in [0.4, 0.5) is 19.1 Å². The Bertz CT molecular complexity index is 694. The van der Waals surface area contributed by atoms with Crippen LogP contribution >= 0.6 is 12.0 Å². The quantitative estimate of drug-likeness (QED) is 0.427. The van der Waals surface area contributed by atoms with E-state index in [1.807, 2.05) is 13.8 Å². The summed E-state index contributed by atoms with van der Waals surface area (Å²) in [6.07, 6.45) is -4.55. The van der Waals surface area contributed by atoms with Gasteiger partial charge in [0.05, 0.1) is 24.8 Å². The summed E-state index contributed by atoms with van der Waals surface area (Å²) in [6, 6.07) is 7.67. The van der Waals surface area contributed by atoms with Crippen molar-refractivity contribution >= 4 is 18.0 Å². The molecule has 0 bridgehead atoms. The van der Waals surface area contributed by atoms with E-state index in [1.165, 1.54) is 7.11 Å². The van der Waals surface area contributed by atoms with Gasteiger partial charge in [-0.25, -0.2) is 14.9 Å². The minimum atomic E-state index is -4.55. The second kappa shape index (κ2) is 8.50. The third-order valence-electron chi connectivity index (χ3n) is 3.03. The molecule has 1 heterocycles. The number of nitrogens with zero attached hydrogens (tertiary/aromatic N) is 2. The maximum Gasteiger partial charge on any atom is 0.433 e. The number of nitrogens with one attached hydrogen (secondary N) is 1. The minimum absolute atomic E-state index is 0.0420. The van der Waals surface area contributed by atoms with Crippen molar-refractivity contribution in [3.63, 3.8) is 0 Å². The molecule has 1 aromatic carbocycles. The molecule has 0 aliphatic rings. The zero-order chi connectivity index (χ0) is 18.4. The van der Waals surface area contributed by atoms with E-state index >= 15 is 0 Å². The molecule has 0 atom stereocenters. The smallest absolute Gasteiger partial charge is 0.354 e. The SMILES string of the molecule is COOSc1ccc(-c2cc(C(F)(F)F)nc(NCC(C)C)n2)cc1. The van der Waals surface area contributed by atoms with Crippen molar-refractivity contribution in [2.24, 2.45) is 5.92 Å². The van der Waals surface area contributed by atoms with Gasteiger partial charge in [0, 0.05) is 17.0 Å². The van der Waals surface area contributed by atoms with Gasteiger partial charge in [0.1, 0.15) is 0 Å². The van der Waals surface area contributed by atoms with Crippen LogP contribution in [0.1, 0.15) is 19.5 Å². The topological polar surface area (TPSA) is 56.3 Å². The van der Waals surface area contributed by atoms with E-state index in [4.69, 9.17) is 4.33 Å². The minimum Gasteiger partial charge on any atom is -0.354 e. The molecule has 0 aliphatic carbocycles. The summed E-state index contributed by atoms with van der Waals surface area (Å²) in [5.41, 5.74) is -0.245. The number of rotatable bonds is 7. The molecule has 5 nitrogen and oxygen atoms in total. The zero-order valence-corrected chi connectivity index (χ0v) is 14.7. The van der Waals surface area contributed by atoms with Crippen LogP contribution in [0.25, 0.3) is 11.3 Å². The van der Waals surface area contributed by atoms with Gasteiger partial charge in [0.2, 0.25) is 5.95 Å². The fourth-order valence-electron chi connectivity index (χ4n) is 1.87. The van der Waals surface area contributed by atoms with E-state index in [2.05, 4.69) is 20.2 Å². The van der Waals surface area contributed by atoms with Crippen LogP contribution < -0.4 is 5.32 Å². The summed E-state index contributed by atoms with van der Waals surface area (Å²) < 4.78 is 44.1. The van der Waals surface area contributed by atoms with Crippen molar-refractivity contribution in [1.29, 1.82) is 0 Å². The maximum atomic E-state index is 13.1. The molecule has 0 amide bonds. The molecule has 0 spiro atoms. The predicted octanol–water partition coefficient (Wildman–Crippen LogP) is 4.82. The lowest BCUT2D eigenvalue weighted by Crippen LogP contribution is -2.15. The number of alkyl halides is 3. The molecule has 0 saturated heterocycles. The first kappa shape index (κ1) is 19.5. The van der Waals surface area contributed by atoms with Crippen LogP contribution in [0.5, 0.6) is 0 Å². The van der Waals surface area contributed by atoms with Gasteiger partial charge in [0.25, 0.3) is 0 Å². The monoisotopic (exact) mass is 373 g/mol. The summed E-state index contributed by atoms with van der Waals surface area (Å²) in [6.45, 7) is 4.37. The first-order chi connectivity index (χ1) is 11.8. The van der Waals surface area contributed by atoms with Gasteiger partial charge < -0.3 is 5.32 Å². The highest BCUT2D eigenvalue weighted by molar-refractivity contribution is 7.94. The molecule has 1 aromatic heterocycles. The van der Waals surface area contributed by atoms with Gasteiger partial charge >= 0.3 is 6.18 Å². The highest BCUT2D eigenvalue weighted by Crippen LogP contribution is 2.31. The second-order valence-corrected chi connectivity index (χ2v) is 6.35. The lowest BCUT2D eigenvalue weighted by molar-refractivity contribution is -0.160. The van der Waals surface area contributed by atoms with Crippen molar-refractivity contribution in [2.75, 3.05) is 19.0 Å². The Morgan fingerprint density at radius 3 is 2.40 bits per heavy atom. The van der Waals surface area contributed by atoms with Gasteiger partial charge in [-0.3, -0.25) is 0 Å². The fraction of sp³-hybridized carbons (Fsp3) is 0.375. The van der Waals surface area contributed by atoms with Crippen molar-refractivity contribution in [2.45, 2.75) is 24.9 Å². The number of benzene rings is 1. The maximum absolute atomic E-state index is 13.1. The molecule has 2 rings (SSSR count). The van der Waals surface area contributed by atoms with Gasteiger partial charge in [-0.2, -0.15) is 17.5 Å². The van der Waals surface area contributed by atoms with Crippen molar-refractivity contribution in [3.8, 4) is 11.3 Å². The normalized spacial score (nSPS) is 11.8. The third kappa shape index (κ3) is 5.87. The molecule has 0 radical (unpaired) electrons. The van der Waals surface area contributed by atoms with Crippen LogP contribution in [0, 0.1) is 5.92 Å². The average molecular weight is 373 g/mol. The molecule has 9 heteroatoms. The van der Waals surface area contributed by atoms with Crippen LogP contribution in [0.15, 0.2) is 35.2 Å². The Balaban J connectivity index is 2.33. The molecule has 1 N–H and O–H groups in total. The van der Waals surface area contributed by atoms with Crippen molar-refractivity contribution in [3.05, 3.63) is 36.0 Å². The highest BCUT2D eigenvalue weighted by Gasteiger charge is 2.33. The third-order valence-corrected chi connectivity index (χ3v) is 3.70. The summed E-state index contributed by atoms with van der Waals surface area (Å²) in [5.74, 6) is 0.207. The summed E-state index contributed by atoms with van der Waals surface area (Å²) >= 11 is 0.999. The van der Waals surface area contributed by atoms with Crippen LogP contribution in [0.3, 0.4) is 0 Å². The second-order valence-electron chi connectivity index (χ2n) is 5.58. The van der Waals surface area contributed by atoms with Crippen molar-refractivity contribution < 1.29 is 22.4 Å². The van der Waals surface area contributed by atoms with Crippen LogP contribution in [0.2, 0.25) is 0 Å². The number of hydrogen-bond donors (Lipinski definition) is 1. The fourth-order valence-corrected chi connectivity index (χ4v) is 2.26. The molecule has 0 aliphatic heterocycles. The summed E-state index contributed by atoms with van der Waals surface area (Å²) in [4.78, 5) is 13.0. The average Bonchev–Trinajstić information content (AvgIpc) is 2.57. The molecule has 0 unspecified atom stereocenters. The number of anilines is 1. The highest BCUT2D eigenvalue weighted by atomic mass is 32.2. The molecule has 25 heavy (non-hydrogen) atoms. The van der Waals surface area contributed by atoms with E-state index in [1.54, 1.807) is 24.3 Å². The molecule has 136 valence electrons. The van der Waals surface area contributed by atoms with E-state index in [9.17, 15) is 13.2 Å². The standard InChI is InChI=1S/C16H18F3N3O2S/c1-10(2)9-20-15-21-13(8-14(22-15)16(17,18)19)11-4-6-12(7-5-11)25-24-23-3/h4-8,10H,9H2,1-3H3,(H,20,21,22). The lowest BCUT2D eigenvalue weighted by atomic mass is 10.1. The largest absolute Gasteiger partial charge is 0.433 e. The Labute approximate surface area is 148 Å². The summed E-state index contributed by atoms with van der Waals surface area (Å²) in [5, 5.41) is 2.84. The van der Waals surface area contributed by atoms with Gasteiger partial charge in [-0.05, 0) is 24.1 Å². The molecule has 0 fully saturated rings. The first-order valence-corrected chi connectivity index (χ1v) is 8.21. The molecule has 2 aromatic rings. The first-order valence-electron chi connectivity index (χ1n) is 7.47. The zero-order valence-electron chi connectivity index (χ0n) is 13.9. The Hall–Kier alpha value is -1.84. The number of aromatic nitrogens is 2.